The number of ketones is 1. The van der Waals surface area contributed by atoms with Gasteiger partial charge in [-0.15, -0.1) is 0 Å². The fourth-order valence-corrected chi connectivity index (χ4v) is 8.29. The van der Waals surface area contributed by atoms with Gasteiger partial charge in [-0.25, -0.2) is 4.98 Å². The third-order valence-electron chi connectivity index (χ3n) is 10.8. The summed E-state index contributed by atoms with van der Waals surface area (Å²) in [6, 6.07) is 2.02. The van der Waals surface area contributed by atoms with Crippen LogP contribution in [-0.2, 0) is 25.7 Å². The summed E-state index contributed by atoms with van der Waals surface area (Å²) in [5.74, 6) is -2.05. The number of amides is 4. The monoisotopic (exact) mass is 677 g/mol. The number of carbonyl (C=O) groups excluding carboxylic acids is 5. The van der Waals surface area contributed by atoms with E-state index in [0.717, 1.165) is 51.4 Å². The fourth-order valence-electron chi connectivity index (χ4n) is 8.29. The number of hydrogen-bond acceptors (Lipinski definition) is 7. The molecule has 13 nitrogen and oxygen atoms in total. The number of aromatic nitrogens is 3. The second-order valence-electron chi connectivity index (χ2n) is 15.0. The molecule has 5 unspecified atom stereocenters. The number of nitrogens with zero attached hydrogens (tertiary/aromatic N) is 3. The van der Waals surface area contributed by atoms with E-state index in [9.17, 15) is 28.8 Å². The van der Waals surface area contributed by atoms with Crippen molar-refractivity contribution in [1.29, 1.82) is 0 Å². The third-order valence-corrected chi connectivity index (χ3v) is 10.8. The molecule has 2 heterocycles. The molecule has 3 fully saturated rings. The molecule has 0 aliphatic heterocycles. The van der Waals surface area contributed by atoms with Crippen LogP contribution < -0.4 is 26.8 Å². The molecule has 49 heavy (non-hydrogen) atoms. The summed E-state index contributed by atoms with van der Waals surface area (Å²) in [4.78, 5) is 82.3. The number of Topliss-reactive ketones (excluding diaryl/α,β-unsaturated/α-hetero) is 1. The van der Waals surface area contributed by atoms with Crippen molar-refractivity contribution in [3.05, 3.63) is 46.9 Å². The van der Waals surface area contributed by atoms with Crippen molar-refractivity contribution >= 4 is 35.1 Å². The number of imidazole rings is 1. The lowest BCUT2D eigenvalue weighted by Gasteiger charge is -2.54. The largest absolute Gasteiger partial charge is 0.350 e. The maximum absolute atomic E-state index is 13.6. The summed E-state index contributed by atoms with van der Waals surface area (Å²) in [7, 11) is 0. The minimum atomic E-state index is -1.25. The first-order chi connectivity index (χ1) is 23.3. The van der Waals surface area contributed by atoms with Crippen molar-refractivity contribution < 1.29 is 24.0 Å². The molecule has 4 amide bonds. The predicted octanol–water partition coefficient (Wildman–Crippen LogP) is 3.49. The van der Waals surface area contributed by atoms with Gasteiger partial charge in [-0.05, 0) is 94.1 Å². The van der Waals surface area contributed by atoms with Gasteiger partial charge in [0.1, 0.15) is 24.0 Å². The van der Waals surface area contributed by atoms with Crippen LogP contribution in [0.5, 0.6) is 0 Å². The number of fused-ring (bicyclic) bond motifs is 2. The van der Waals surface area contributed by atoms with E-state index in [2.05, 4.69) is 47.0 Å². The van der Waals surface area contributed by atoms with Crippen molar-refractivity contribution in [2.45, 2.75) is 122 Å². The molecule has 3 saturated carbocycles. The standard InChI is InChI=1S/C36H51N7O6/c1-5-35(4)17-24-15-23(3)16-36(18-24,21-35)41-30(45)20-42-14-8-11-27(34(42)49)40-31(46)26(12-13-29(44)33(48)37-6-2)39-32(47)28-19-43(22-38-28)25-9-7-10-25/h8,11,14,19,22-26H,5-7,9-10,12-13,15-18,20-21H2,1-4H3,(H,37,48)(H,39,47)(H,40,46)(H,41,45). The maximum Gasteiger partial charge on any atom is 0.287 e. The maximum atomic E-state index is 13.6. The highest BCUT2D eigenvalue weighted by Gasteiger charge is 2.49. The highest BCUT2D eigenvalue weighted by molar-refractivity contribution is 6.36. The van der Waals surface area contributed by atoms with Gasteiger partial charge in [-0.2, -0.15) is 0 Å². The fraction of sp³-hybridized carbons (Fsp3) is 0.639. The lowest BCUT2D eigenvalue weighted by molar-refractivity contribution is -0.138. The van der Waals surface area contributed by atoms with E-state index in [1.54, 1.807) is 25.5 Å². The normalized spacial score (nSPS) is 25.4. The van der Waals surface area contributed by atoms with Crippen LogP contribution in [0, 0.1) is 17.3 Å². The topological polar surface area (TPSA) is 173 Å². The van der Waals surface area contributed by atoms with Gasteiger partial charge in [0.05, 0.1) is 6.33 Å². The predicted molar refractivity (Wildman–Crippen MR) is 184 cm³/mol. The lowest BCUT2D eigenvalue weighted by atomic mass is 9.55. The molecule has 266 valence electrons. The van der Waals surface area contributed by atoms with E-state index in [-0.39, 0.29) is 60.2 Å². The van der Waals surface area contributed by atoms with Gasteiger partial charge < -0.3 is 30.4 Å². The highest BCUT2D eigenvalue weighted by atomic mass is 16.2. The van der Waals surface area contributed by atoms with Crippen LogP contribution in [0.25, 0.3) is 0 Å². The van der Waals surface area contributed by atoms with Gasteiger partial charge in [0, 0.05) is 36.9 Å². The third kappa shape index (κ3) is 8.66. The number of hydrogen-bond donors (Lipinski definition) is 4. The summed E-state index contributed by atoms with van der Waals surface area (Å²) in [6.45, 7) is 8.50. The summed E-state index contributed by atoms with van der Waals surface area (Å²) >= 11 is 0. The summed E-state index contributed by atoms with van der Waals surface area (Å²) < 4.78 is 3.13. The Labute approximate surface area is 287 Å². The molecule has 0 aromatic carbocycles. The van der Waals surface area contributed by atoms with Crippen LogP contribution in [0.4, 0.5) is 5.69 Å². The number of rotatable bonds is 14. The highest BCUT2D eigenvalue weighted by Crippen LogP contribution is 2.53. The van der Waals surface area contributed by atoms with Crippen LogP contribution in [0.2, 0.25) is 0 Å². The van der Waals surface area contributed by atoms with E-state index in [4.69, 9.17) is 0 Å². The Bertz CT molecular complexity index is 1630. The first-order valence-corrected chi connectivity index (χ1v) is 17.8. The molecule has 3 aliphatic rings. The van der Waals surface area contributed by atoms with Gasteiger partial charge in [0.2, 0.25) is 17.6 Å². The van der Waals surface area contributed by atoms with Crippen LogP contribution >= 0.6 is 0 Å². The molecule has 0 saturated heterocycles. The molecule has 13 heteroatoms. The number of likely N-dealkylation sites (N-methyl/N-ethyl adjacent to an activating group) is 1. The summed E-state index contributed by atoms with van der Waals surface area (Å²) in [5.41, 5.74) is -0.691. The number of anilines is 1. The second-order valence-corrected chi connectivity index (χ2v) is 15.0. The van der Waals surface area contributed by atoms with E-state index >= 15 is 0 Å². The van der Waals surface area contributed by atoms with E-state index in [0.29, 0.717) is 11.8 Å². The zero-order valence-corrected chi connectivity index (χ0v) is 29.2. The van der Waals surface area contributed by atoms with Crippen LogP contribution in [0.3, 0.4) is 0 Å². The van der Waals surface area contributed by atoms with Gasteiger partial charge in [-0.3, -0.25) is 28.8 Å². The van der Waals surface area contributed by atoms with E-state index < -0.39 is 35.1 Å². The van der Waals surface area contributed by atoms with Gasteiger partial charge >= 0.3 is 0 Å². The van der Waals surface area contributed by atoms with E-state index in [1.165, 1.54) is 23.3 Å². The van der Waals surface area contributed by atoms with Crippen molar-refractivity contribution in [1.82, 2.24) is 30.1 Å². The molecule has 5 rings (SSSR count). The molecule has 2 aromatic rings. The van der Waals surface area contributed by atoms with Crippen LogP contribution in [0.1, 0.15) is 115 Å². The molecule has 5 atom stereocenters. The summed E-state index contributed by atoms with van der Waals surface area (Å²) in [5, 5.41) is 11.0. The minimum absolute atomic E-state index is 0.0791. The number of nitrogens with one attached hydrogen (secondary N) is 4. The lowest BCUT2D eigenvalue weighted by Crippen LogP contribution is -2.59. The zero-order valence-electron chi connectivity index (χ0n) is 29.2. The minimum Gasteiger partial charge on any atom is -0.350 e. The van der Waals surface area contributed by atoms with Crippen molar-refractivity contribution in [3.63, 3.8) is 0 Å². The molecular formula is C36H51N7O6. The van der Waals surface area contributed by atoms with Crippen LogP contribution in [0.15, 0.2) is 35.6 Å². The Morgan fingerprint density at radius 3 is 2.57 bits per heavy atom. The van der Waals surface area contributed by atoms with E-state index in [1.807, 2.05) is 4.57 Å². The van der Waals surface area contributed by atoms with Crippen molar-refractivity contribution in [2.24, 2.45) is 17.3 Å². The first kappa shape index (κ1) is 36.0. The summed E-state index contributed by atoms with van der Waals surface area (Å²) in [6.07, 6.45) is 13.5. The SMILES string of the molecule is CCNC(=O)C(=O)CCC(NC(=O)c1cn(C2CCC2)cn1)C(=O)Nc1cccn(CC(=O)NC23CC(C)CC(CC(C)(CC)C2)C3)c1=O. The van der Waals surface area contributed by atoms with Crippen molar-refractivity contribution in [2.75, 3.05) is 11.9 Å². The Morgan fingerprint density at radius 2 is 1.88 bits per heavy atom. The van der Waals surface area contributed by atoms with Crippen molar-refractivity contribution in [3.8, 4) is 0 Å². The molecular weight excluding hydrogens is 626 g/mol. The Balaban J connectivity index is 1.27. The molecule has 2 bridgehead atoms. The Morgan fingerprint density at radius 1 is 1.10 bits per heavy atom. The quantitative estimate of drug-likeness (QED) is 0.222. The second kappa shape index (κ2) is 15.1. The molecule has 0 radical (unpaired) electrons. The van der Waals surface area contributed by atoms with Gasteiger partial charge in [-0.1, -0.05) is 27.2 Å². The molecule has 3 aliphatic carbocycles. The first-order valence-electron chi connectivity index (χ1n) is 17.8. The Kier molecular flexibility index (Phi) is 11.1. The Hall–Kier alpha value is -4.29. The number of carbonyl (C=O) groups is 5. The van der Waals surface area contributed by atoms with Gasteiger partial charge in [0.25, 0.3) is 17.4 Å². The van der Waals surface area contributed by atoms with Gasteiger partial charge in [0.15, 0.2) is 0 Å². The average Bonchev–Trinajstić information content (AvgIpc) is 3.48. The molecule has 0 spiro atoms. The average molecular weight is 678 g/mol. The van der Waals surface area contributed by atoms with Crippen LogP contribution in [-0.4, -0.2) is 61.7 Å². The molecule has 2 aromatic heterocycles. The number of pyridine rings is 1. The molecule has 4 N–H and O–H groups in total. The zero-order chi connectivity index (χ0) is 35.3. The smallest absolute Gasteiger partial charge is 0.287 e.